The highest BCUT2D eigenvalue weighted by Gasteiger charge is 2.21. The van der Waals surface area contributed by atoms with Gasteiger partial charge >= 0.3 is 5.97 Å². The minimum Gasteiger partial charge on any atom is -0.495 e. The van der Waals surface area contributed by atoms with Crippen LogP contribution >= 0.6 is 0 Å². The summed E-state index contributed by atoms with van der Waals surface area (Å²) in [5.74, 6) is -0.143. The standard InChI is InChI=1S/C28H23NO6/c1-17(34-27(30)16-33-20-12-11-18-7-3-4-8-19(18)13-20)28(31)29-23-15-25-22(14-26(23)32-2)21-9-5-6-10-24(21)35-25/h3-15,17H,16H2,1-2H3,(H,29,31). The largest absolute Gasteiger partial charge is 0.495 e. The minimum absolute atomic E-state index is 0.315. The van der Waals surface area contributed by atoms with Crippen molar-refractivity contribution in [3.05, 3.63) is 78.9 Å². The fraction of sp³-hybridized carbons (Fsp3) is 0.143. The maximum absolute atomic E-state index is 12.7. The van der Waals surface area contributed by atoms with Crippen LogP contribution in [0.25, 0.3) is 32.7 Å². The summed E-state index contributed by atoms with van der Waals surface area (Å²) in [7, 11) is 1.52. The van der Waals surface area contributed by atoms with Gasteiger partial charge in [-0.3, -0.25) is 4.79 Å². The Morgan fingerprint density at radius 3 is 2.49 bits per heavy atom. The number of carbonyl (C=O) groups excluding carboxylic acids is 2. The van der Waals surface area contributed by atoms with Crippen molar-refractivity contribution in [2.75, 3.05) is 19.0 Å². The van der Waals surface area contributed by atoms with E-state index in [0.29, 0.717) is 22.8 Å². The normalized spacial score (nSPS) is 11.9. The Morgan fingerprint density at radius 2 is 1.66 bits per heavy atom. The van der Waals surface area contributed by atoms with E-state index in [1.807, 2.05) is 66.7 Å². The molecule has 1 amide bonds. The Balaban J connectivity index is 1.23. The van der Waals surface area contributed by atoms with Crippen molar-refractivity contribution in [2.45, 2.75) is 13.0 Å². The maximum atomic E-state index is 12.7. The Kier molecular flexibility index (Phi) is 5.97. The summed E-state index contributed by atoms with van der Waals surface area (Å²) >= 11 is 0. The number of methoxy groups -OCH3 is 1. The number of anilines is 1. The van der Waals surface area contributed by atoms with Crippen LogP contribution < -0.4 is 14.8 Å². The molecule has 5 rings (SSSR count). The molecule has 0 aliphatic carbocycles. The Hall–Kier alpha value is -4.52. The van der Waals surface area contributed by atoms with E-state index in [2.05, 4.69) is 5.32 Å². The zero-order chi connectivity index (χ0) is 24.4. The van der Waals surface area contributed by atoms with Crippen molar-refractivity contribution in [2.24, 2.45) is 0 Å². The second-order valence-electron chi connectivity index (χ2n) is 8.07. The molecule has 5 aromatic rings. The van der Waals surface area contributed by atoms with E-state index >= 15 is 0 Å². The second-order valence-corrected chi connectivity index (χ2v) is 8.07. The van der Waals surface area contributed by atoms with Gasteiger partial charge in [0.1, 0.15) is 22.7 Å². The topological polar surface area (TPSA) is 87.0 Å². The number of nitrogens with one attached hydrogen (secondary N) is 1. The molecule has 0 saturated heterocycles. The molecule has 35 heavy (non-hydrogen) atoms. The van der Waals surface area contributed by atoms with E-state index in [-0.39, 0.29) is 6.61 Å². The predicted octanol–water partition coefficient (Wildman–Crippen LogP) is 5.70. The summed E-state index contributed by atoms with van der Waals surface area (Å²) in [5.41, 5.74) is 1.76. The lowest BCUT2D eigenvalue weighted by Gasteiger charge is -2.15. The van der Waals surface area contributed by atoms with E-state index in [1.165, 1.54) is 14.0 Å². The molecule has 0 aliphatic rings. The average Bonchev–Trinajstić information content (AvgIpc) is 3.24. The van der Waals surface area contributed by atoms with Crippen LogP contribution in [0.3, 0.4) is 0 Å². The summed E-state index contributed by atoms with van der Waals surface area (Å²) in [6.07, 6.45) is -1.04. The molecule has 0 radical (unpaired) electrons. The van der Waals surface area contributed by atoms with Crippen LogP contribution in [-0.2, 0) is 14.3 Å². The SMILES string of the molecule is COc1cc2c(cc1NC(=O)C(C)OC(=O)COc1ccc3ccccc3c1)oc1ccccc12. The van der Waals surface area contributed by atoms with E-state index in [0.717, 1.165) is 27.1 Å². The quantitative estimate of drug-likeness (QED) is 0.308. The number of para-hydroxylation sites is 1. The van der Waals surface area contributed by atoms with Gasteiger partial charge in [-0.25, -0.2) is 4.79 Å². The lowest BCUT2D eigenvalue weighted by Crippen LogP contribution is -2.31. The fourth-order valence-electron chi connectivity index (χ4n) is 3.94. The first-order valence-corrected chi connectivity index (χ1v) is 11.1. The van der Waals surface area contributed by atoms with Crippen LogP contribution in [0.15, 0.2) is 83.3 Å². The Bertz CT molecular complexity index is 1550. The van der Waals surface area contributed by atoms with Crippen LogP contribution in [0.4, 0.5) is 5.69 Å². The molecule has 7 nitrogen and oxygen atoms in total. The van der Waals surface area contributed by atoms with Crippen molar-refractivity contribution in [1.82, 2.24) is 0 Å². The Labute approximate surface area is 201 Å². The zero-order valence-corrected chi connectivity index (χ0v) is 19.2. The van der Waals surface area contributed by atoms with Gasteiger partial charge in [-0.2, -0.15) is 0 Å². The van der Waals surface area contributed by atoms with E-state index in [4.69, 9.17) is 18.6 Å². The maximum Gasteiger partial charge on any atom is 0.344 e. The highest BCUT2D eigenvalue weighted by atomic mass is 16.6. The summed E-state index contributed by atoms with van der Waals surface area (Å²) in [5, 5.41) is 6.66. The van der Waals surface area contributed by atoms with Gasteiger partial charge in [-0.15, -0.1) is 0 Å². The first kappa shape index (κ1) is 22.3. The monoisotopic (exact) mass is 469 g/mol. The number of esters is 1. The van der Waals surface area contributed by atoms with Crippen LogP contribution in [0.5, 0.6) is 11.5 Å². The third-order valence-corrected chi connectivity index (χ3v) is 5.71. The zero-order valence-electron chi connectivity index (χ0n) is 19.2. The predicted molar refractivity (Wildman–Crippen MR) is 134 cm³/mol. The van der Waals surface area contributed by atoms with Gasteiger partial charge in [0.25, 0.3) is 5.91 Å². The van der Waals surface area contributed by atoms with Crippen LogP contribution in [-0.4, -0.2) is 31.7 Å². The summed E-state index contributed by atoms with van der Waals surface area (Å²) < 4.78 is 22.2. The first-order valence-electron chi connectivity index (χ1n) is 11.1. The number of hydrogen-bond acceptors (Lipinski definition) is 6. The molecule has 7 heteroatoms. The molecule has 0 fully saturated rings. The highest BCUT2D eigenvalue weighted by molar-refractivity contribution is 6.08. The van der Waals surface area contributed by atoms with Crippen molar-refractivity contribution in [3.63, 3.8) is 0 Å². The minimum atomic E-state index is -1.04. The Morgan fingerprint density at radius 1 is 0.886 bits per heavy atom. The second kappa shape index (κ2) is 9.38. The number of furan rings is 1. The van der Waals surface area contributed by atoms with Crippen LogP contribution in [0.1, 0.15) is 6.92 Å². The summed E-state index contributed by atoms with van der Waals surface area (Å²) in [6, 6.07) is 24.6. The third kappa shape index (κ3) is 4.61. The van der Waals surface area contributed by atoms with Gasteiger partial charge in [0, 0.05) is 16.8 Å². The number of carbonyl (C=O) groups is 2. The van der Waals surface area contributed by atoms with Gasteiger partial charge in [0.2, 0.25) is 0 Å². The van der Waals surface area contributed by atoms with Crippen molar-refractivity contribution < 1.29 is 28.2 Å². The van der Waals surface area contributed by atoms with Crippen molar-refractivity contribution in [1.29, 1.82) is 0 Å². The van der Waals surface area contributed by atoms with Gasteiger partial charge < -0.3 is 23.9 Å². The third-order valence-electron chi connectivity index (χ3n) is 5.71. The molecule has 0 spiro atoms. The smallest absolute Gasteiger partial charge is 0.344 e. The number of hydrogen-bond donors (Lipinski definition) is 1. The lowest BCUT2D eigenvalue weighted by molar-refractivity contribution is -0.155. The van der Waals surface area contributed by atoms with Gasteiger partial charge in [0.15, 0.2) is 12.7 Å². The van der Waals surface area contributed by atoms with E-state index in [1.54, 1.807) is 12.1 Å². The van der Waals surface area contributed by atoms with Crippen molar-refractivity contribution >= 4 is 50.3 Å². The van der Waals surface area contributed by atoms with E-state index < -0.39 is 18.0 Å². The molecule has 176 valence electrons. The van der Waals surface area contributed by atoms with Crippen LogP contribution in [0, 0.1) is 0 Å². The summed E-state index contributed by atoms with van der Waals surface area (Å²) in [6.45, 7) is 1.18. The number of benzene rings is 4. The molecule has 0 aliphatic heterocycles. The van der Waals surface area contributed by atoms with Gasteiger partial charge in [-0.05, 0) is 42.0 Å². The van der Waals surface area contributed by atoms with E-state index in [9.17, 15) is 9.59 Å². The number of fused-ring (bicyclic) bond motifs is 4. The molecule has 4 aromatic carbocycles. The van der Waals surface area contributed by atoms with Gasteiger partial charge in [-0.1, -0.05) is 48.5 Å². The molecule has 1 atom stereocenters. The average molecular weight is 469 g/mol. The molecular formula is C28H23NO6. The molecule has 0 bridgehead atoms. The number of rotatable bonds is 7. The highest BCUT2D eigenvalue weighted by Crippen LogP contribution is 2.36. The van der Waals surface area contributed by atoms with Gasteiger partial charge in [0.05, 0.1) is 12.8 Å². The molecule has 1 unspecified atom stereocenters. The fourth-order valence-corrected chi connectivity index (χ4v) is 3.94. The number of amides is 1. The lowest BCUT2D eigenvalue weighted by atomic mass is 10.1. The summed E-state index contributed by atoms with van der Waals surface area (Å²) in [4.78, 5) is 25.0. The number of ether oxygens (including phenoxy) is 3. The molecule has 1 aromatic heterocycles. The van der Waals surface area contributed by atoms with Crippen molar-refractivity contribution in [3.8, 4) is 11.5 Å². The first-order chi connectivity index (χ1) is 17.0. The molecule has 0 saturated carbocycles. The molecule has 1 heterocycles. The molecular weight excluding hydrogens is 446 g/mol. The van der Waals surface area contributed by atoms with Crippen LogP contribution in [0.2, 0.25) is 0 Å². The molecule has 1 N–H and O–H groups in total.